The molecule has 1 heterocycles. The van der Waals surface area contributed by atoms with Crippen LogP contribution in [0.15, 0.2) is 47.6 Å². The van der Waals surface area contributed by atoms with E-state index in [0.717, 1.165) is 17.5 Å². The second-order valence-electron chi connectivity index (χ2n) is 6.11. The second-order valence-corrected chi connectivity index (χ2v) is 6.52. The van der Waals surface area contributed by atoms with Gasteiger partial charge in [0.25, 0.3) is 0 Å². The van der Waals surface area contributed by atoms with Gasteiger partial charge in [-0.2, -0.15) is 5.10 Å². The largest absolute Gasteiger partial charge is 0.312 e. The molecule has 0 spiro atoms. The molecule has 0 bridgehead atoms. The number of hydrazone groups is 1. The van der Waals surface area contributed by atoms with E-state index >= 15 is 0 Å². The zero-order valence-corrected chi connectivity index (χ0v) is 14.8. The first-order valence-corrected chi connectivity index (χ1v) is 8.47. The van der Waals surface area contributed by atoms with Crippen LogP contribution in [-0.2, 0) is 9.59 Å². The highest BCUT2D eigenvalue weighted by atomic mass is 35.5. The Morgan fingerprint density at radius 2 is 2.04 bits per heavy atom. The van der Waals surface area contributed by atoms with Crippen molar-refractivity contribution in [2.45, 2.75) is 13.3 Å². The molecule has 1 aliphatic rings. The molecule has 0 aliphatic carbocycles. The number of aryl methyl sites for hydroxylation is 1. The molecule has 1 saturated heterocycles. The van der Waals surface area contributed by atoms with Crippen molar-refractivity contribution < 1.29 is 14.0 Å². The fraction of sp³-hybridized carbons (Fsp3) is 0.211. The van der Waals surface area contributed by atoms with Gasteiger partial charge in [-0.15, -0.1) is 0 Å². The summed E-state index contributed by atoms with van der Waals surface area (Å²) < 4.78 is 13.7. The average molecular weight is 374 g/mol. The molecule has 1 fully saturated rings. The molecule has 1 unspecified atom stereocenters. The van der Waals surface area contributed by atoms with Gasteiger partial charge in [0, 0.05) is 24.2 Å². The first-order chi connectivity index (χ1) is 12.5. The van der Waals surface area contributed by atoms with Crippen molar-refractivity contribution in [1.82, 2.24) is 5.43 Å². The van der Waals surface area contributed by atoms with E-state index in [2.05, 4.69) is 10.5 Å². The molecular weight excluding hydrogens is 357 g/mol. The van der Waals surface area contributed by atoms with E-state index < -0.39 is 17.6 Å². The molecule has 134 valence electrons. The summed E-state index contributed by atoms with van der Waals surface area (Å²) in [6.45, 7) is 2.25. The highest BCUT2D eigenvalue weighted by Crippen LogP contribution is 2.25. The lowest BCUT2D eigenvalue weighted by molar-refractivity contribution is -0.126. The maximum absolute atomic E-state index is 13.7. The summed E-state index contributed by atoms with van der Waals surface area (Å²) >= 11 is 5.89. The fourth-order valence-electron chi connectivity index (χ4n) is 2.74. The van der Waals surface area contributed by atoms with Crippen molar-refractivity contribution in [1.29, 1.82) is 0 Å². The third-order valence-electron chi connectivity index (χ3n) is 4.21. The van der Waals surface area contributed by atoms with Crippen LogP contribution in [0.3, 0.4) is 0 Å². The van der Waals surface area contributed by atoms with Gasteiger partial charge in [-0.3, -0.25) is 9.59 Å². The minimum atomic E-state index is -0.530. The maximum atomic E-state index is 13.7. The van der Waals surface area contributed by atoms with Gasteiger partial charge >= 0.3 is 0 Å². The molecule has 1 N–H and O–H groups in total. The van der Waals surface area contributed by atoms with Gasteiger partial charge in [-0.05, 0) is 31.2 Å². The van der Waals surface area contributed by atoms with E-state index in [1.54, 1.807) is 4.90 Å². The van der Waals surface area contributed by atoms with Crippen molar-refractivity contribution in [3.05, 3.63) is 64.4 Å². The van der Waals surface area contributed by atoms with Gasteiger partial charge < -0.3 is 4.90 Å². The number of carbonyl (C=O) groups excluding carboxylic acids is 2. The van der Waals surface area contributed by atoms with E-state index in [0.29, 0.717) is 0 Å². The standard InChI is InChI=1S/C19H17ClFN3O2/c1-12-5-7-14(8-6-12)24-11-13(9-18(24)25)19(26)23-22-10-15-16(20)3-2-4-17(15)21/h2-8,10,13H,9,11H2,1H3,(H,23,26)/b22-10+. The molecule has 1 atom stereocenters. The first-order valence-electron chi connectivity index (χ1n) is 8.09. The summed E-state index contributed by atoms with van der Waals surface area (Å²) in [5.74, 6) is -1.55. The monoisotopic (exact) mass is 373 g/mol. The number of anilines is 1. The summed E-state index contributed by atoms with van der Waals surface area (Å²) in [6, 6.07) is 11.8. The third kappa shape index (κ3) is 3.91. The maximum Gasteiger partial charge on any atom is 0.245 e. The lowest BCUT2D eigenvalue weighted by atomic mass is 10.1. The lowest BCUT2D eigenvalue weighted by Gasteiger charge is -2.16. The van der Waals surface area contributed by atoms with Crippen molar-refractivity contribution in [3.8, 4) is 0 Å². The Kier molecular flexibility index (Phi) is 5.32. The number of nitrogens with zero attached hydrogens (tertiary/aromatic N) is 2. The van der Waals surface area contributed by atoms with Crippen LogP contribution in [0.5, 0.6) is 0 Å². The molecule has 0 radical (unpaired) electrons. The van der Waals surface area contributed by atoms with Crippen molar-refractivity contribution in [3.63, 3.8) is 0 Å². The Labute approximate surface area is 155 Å². The minimum absolute atomic E-state index is 0.0956. The molecule has 2 aromatic carbocycles. The van der Waals surface area contributed by atoms with Gasteiger partial charge in [0.15, 0.2) is 0 Å². The third-order valence-corrected chi connectivity index (χ3v) is 4.54. The molecule has 5 nitrogen and oxygen atoms in total. The summed E-state index contributed by atoms with van der Waals surface area (Å²) in [5, 5.41) is 3.96. The Hall–Kier alpha value is -2.73. The van der Waals surface area contributed by atoms with Crippen LogP contribution in [0.25, 0.3) is 0 Å². The summed E-state index contributed by atoms with van der Waals surface area (Å²) in [5.41, 5.74) is 4.31. The SMILES string of the molecule is Cc1ccc(N2CC(C(=O)N/N=C/c3c(F)cccc3Cl)CC2=O)cc1. The number of amides is 2. The Morgan fingerprint density at radius 3 is 2.73 bits per heavy atom. The Balaban J connectivity index is 1.63. The molecule has 2 amide bonds. The minimum Gasteiger partial charge on any atom is -0.312 e. The van der Waals surface area contributed by atoms with Gasteiger partial charge in [-0.1, -0.05) is 35.4 Å². The van der Waals surface area contributed by atoms with Gasteiger partial charge in [0.05, 0.1) is 17.2 Å². The second kappa shape index (κ2) is 7.66. The molecule has 1 aliphatic heterocycles. The van der Waals surface area contributed by atoms with E-state index in [1.807, 2.05) is 31.2 Å². The Morgan fingerprint density at radius 1 is 1.31 bits per heavy atom. The predicted molar refractivity (Wildman–Crippen MR) is 98.8 cm³/mol. The quantitative estimate of drug-likeness (QED) is 0.660. The van der Waals surface area contributed by atoms with Crippen LogP contribution < -0.4 is 10.3 Å². The fourth-order valence-corrected chi connectivity index (χ4v) is 2.96. The first kappa shape index (κ1) is 18.1. The average Bonchev–Trinajstić information content (AvgIpc) is 3.00. The summed E-state index contributed by atoms with van der Waals surface area (Å²) in [6.07, 6.45) is 1.26. The molecule has 26 heavy (non-hydrogen) atoms. The zero-order chi connectivity index (χ0) is 18.7. The predicted octanol–water partition coefficient (Wildman–Crippen LogP) is 3.29. The number of rotatable bonds is 4. The summed E-state index contributed by atoms with van der Waals surface area (Å²) in [4.78, 5) is 26.0. The van der Waals surface area contributed by atoms with Crippen LogP contribution in [0, 0.1) is 18.7 Å². The van der Waals surface area contributed by atoms with Crippen LogP contribution in [0.4, 0.5) is 10.1 Å². The van der Waals surface area contributed by atoms with E-state index in [1.165, 1.54) is 18.2 Å². The van der Waals surface area contributed by atoms with Crippen LogP contribution in [-0.4, -0.2) is 24.6 Å². The van der Waals surface area contributed by atoms with Crippen LogP contribution in [0.2, 0.25) is 5.02 Å². The highest BCUT2D eigenvalue weighted by molar-refractivity contribution is 6.33. The molecule has 0 aromatic heterocycles. The van der Waals surface area contributed by atoms with Crippen LogP contribution >= 0.6 is 11.6 Å². The number of hydrogen-bond donors (Lipinski definition) is 1. The topological polar surface area (TPSA) is 61.8 Å². The lowest BCUT2D eigenvalue weighted by Crippen LogP contribution is -2.30. The highest BCUT2D eigenvalue weighted by Gasteiger charge is 2.35. The number of nitrogens with one attached hydrogen (secondary N) is 1. The molecule has 3 rings (SSSR count). The van der Waals surface area contributed by atoms with Crippen molar-refractivity contribution in [2.75, 3.05) is 11.4 Å². The van der Waals surface area contributed by atoms with Gasteiger partial charge in [-0.25, -0.2) is 9.82 Å². The smallest absolute Gasteiger partial charge is 0.245 e. The number of carbonyl (C=O) groups is 2. The van der Waals surface area contributed by atoms with E-state index in [-0.39, 0.29) is 29.5 Å². The number of hydrogen-bond acceptors (Lipinski definition) is 3. The molecule has 2 aromatic rings. The normalized spacial score (nSPS) is 17.1. The van der Waals surface area contributed by atoms with E-state index in [4.69, 9.17) is 11.6 Å². The zero-order valence-electron chi connectivity index (χ0n) is 14.1. The molecular formula is C19H17ClFN3O2. The number of benzene rings is 2. The van der Waals surface area contributed by atoms with Gasteiger partial charge in [0.2, 0.25) is 11.8 Å². The molecule has 0 saturated carbocycles. The van der Waals surface area contributed by atoms with Crippen molar-refractivity contribution in [2.24, 2.45) is 11.0 Å². The Bertz CT molecular complexity index is 847. The van der Waals surface area contributed by atoms with E-state index in [9.17, 15) is 14.0 Å². The summed E-state index contributed by atoms with van der Waals surface area (Å²) in [7, 11) is 0. The van der Waals surface area contributed by atoms with Crippen LogP contribution in [0.1, 0.15) is 17.5 Å². The number of halogens is 2. The van der Waals surface area contributed by atoms with Gasteiger partial charge in [0.1, 0.15) is 5.82 Å². The molecule has 7 heteroatoms. The van der Waals surface area contributed by atoms with Crippen molar-refractivity contribution >= 4 is 35.3 Å².